The molecule has 118 valence electrons. The minimum Gasteiger partial charge on any atom is -0.491 e. The van der Waals surface area contributed by atoms with E-state index in [1.54, 1.807) is 7.11 Å². The number of aryl methyl sites for hydroxylation is 1. The predicted octanol–water partition coefficient (Wildman–Crippen LogP) is 4.50. The Balaban J connectivity index is 1.91. The SMILES string of the molecule is COC(C)c1ccccc1NCCOc1cccc(C)c1C. The van der Waals surface area contributed by atoms with Crippen molar-refractivity contribution < 1.29 is 9.47 Å². The summed E-state index contributed by atoms with van der Waals surface area (Å²) in [5, 5.41) is 3.43. The fourth-order valence-corrected chi connectivity index (χ4v) is 2.37. The molecule has 0 aliphatic rings. The summed E-state index contributed by atoms with van der Waals surface area (Å²) in [6.45, 7) is 7.62. The lowest BCUT2D eigenvalue weighted by atomic mass is 10.1. The third-order valence-corrected chi connectivity index (χ3v) is 3.98. The zero-order valence-corrected chi connectivity index (χ0v) is 13.8. The molecule has 0 saturated carbocycles. The minimum absolute atomic E-state index is 0.0728. The second kappa shape index (κ2) is 7.85. The van der Waals surface area contributed by atoms with Crippen LogP contribution in [-0.2, 0) is 4.74 Å². The molecule has 22 heavy (non-hydrogen) atoms. The number of rotatable bonds is 7. The van der Waals surface area contributed by atoms with E-state index in [2.05, 4.69) is 37.4 Å². The minimum atomic E-state index is 0.0728. The highest BCUT2D eigenvalue weighted by molar-refractivity contribution is 5.52. The molecule has 0 aliphatic heterocycles. The molecule has 1 unspecified atom stereocenters. The monoisotopic (exact) mass is 299 g/mol. The van der Waals surface area contributed by atoms with Crippen LogP contribution in [0.3, 0.4) is 0 Å². The molecule has 2 rings (SSSR count). The highest BCUT2D eigenvalue weighted by Crippen LogP contribution is 2.24. The number of nitrogens with one attached hydrogen (secondary N) is 1. The smallest absolute Gasteiger partial charge is 0.122 e. The Labute approximate surface area is 133 Å². The summed E-state index contributed by atoms with van der Waals surface area (Å²) < 4.78 is 11.3. The third kappa shape index (κ3) is 4.01. The van der Waals surface area contributed by atoms with Gasteiger partial charge < -0.3 is 14.8 Å². The highest BCUT2D eigenvalue weighted by atomic mass is 16.5. The molecule has 3 nitrogen and oxygen atoms in total. The predicted molar refractivity (Wildman–Crippen MR) is 91.8 cm³/mol. The van der Waals surface area contributed by atoms with Crippen molar-refractivity contribution in [2.24, 2.45) is 0 Å². The van der Waals surface area contributed by atoms with Crippen molar-refractivity contribution in [3.63, 3.8) is 0 Å². The van der Waals surface area contributed by atoms with E-state index < -0.39 is 0 Å². The number of methoxy groups -OCH3 is 1. The molecule has 2 aromatic rings. The summed E-state index contributed by atoms with van der Waals surface area (Å²) in [7, 11) is 1.73. The summed E-state index contributed by atoms with van der Waals surface area (Å²) in [6.07, 6.45) is 0.0728. The Morgan fingerprint density at radius 1 is 1.05 bits per heavy atom. The van der Waals surface area contributed by atoms with Gasteiger partial charge in [-0.15, -0.1) is 0 Å². The van der Waals surface area contributed by atoms with E-state index in [4.69, 9.17) is 9.47 Å². The fourth-order valence-electron chi connectivity index (χ4n) is 2.37. The Bertz CT molecular complexity index is 610. The summed E-state index contributed by atoms with van der Waals surface area (Å²) >= 11 is 0. The van der Waals surface area contributed by atoms with Gasteiger partial charge in [0.2, 0.25) is 0 Å². The average Bonchev–Trinajstić information content (AvgIpc) is 2.55. The van der Waals surface area contributed by atoms with Gasteiger partial charge in [-0.05, 0) is 44.0 Å². The van der Waals surface area contributed by atoms with E-state index in [-0.39, 0.29) is 6.10 Å². The molecule has 0 fully saturated rings. The van der Waals surface area contributed by atoms with E-state index in [0.29, 0.717) is 6.61 Å². The van der Waals surface area contributed by atoms with Gasteiger partial charge in [-0.3, -0.25) is 0 Å². The quantitative estimate of drug-likeness (QED) is 0.763. The summed E-state index contributed by atoms with van der Waals surface area (Å²) in [5.41, 5.74) is 4.72. The van der Waals surface area contributed by atoms with E-state index in [9.17, 15) is 0 Å². The maximum Gasteiger partial charge on any atom is 0.122 e. The Hall–Kier alpha value is -2.00. The van der Waals surface area contributed by atoms with Crippen LogP contribution < -0.4 is 10.1 Å². The van der Waals surface area contributed by atoms with Gasteiger partial charge in [-0.2, -0.15) is 0 Å². The molecule has 0 aromatic heterocycles. The van der Waals surface area contributed by atoms with Crippen molar-refractivity contribution in [2.45, 2.75) is 26.9 Å². The summed E-state index contributed by atoms with van der Waals surface area (Å²) in [4.78, 5) is 0. The normalized spacial score (nSPS) is 12.0. The van der Waals surface area contributed by atoms with Crippen LogP contribution in [0.25, 0.3) is 0 Å². The first-order chi connectivity index (χ1) is 10.6. The zero-order chi connectivity index (χ0) is 15.9. The highest BCUT2D eigenvalue weighted by Gasteiger charge is 2.08. The van der Waals surface area contributed by atoms with Crippen molar-refractivity contribution >= 4 is 5.69 Å². The van der Waals surface area contributed by atoms with Crippen LogP contribution in [0, 0.1) is 13.8 Å². The number of para-hydroxylation sites is 1. The van der Waals surface area contributed by atoms with Gasteiger partial charge in [0.25, 0.3) is 0 Å². The largest absolute Gasteiger partial charge is 0.491 e. The van der Waals surface area contributed by atoms with Crippen LogP contribution in [0.4, 0.5) is 5.69 Å². The number of hydrogen-bond donors (Lipinski definition) is 1. The Morgan fingerprint density at radius 3 is 2.59 bits per heavy atom. The number of hydrogen-bond acceptors (Lipinski definition) is 3. The molecule has 3 heteroatoms. The first-order valence-electron chi connectivity index (χ1n) is 7.68. The lowest BCUT2D eigenvalue weighted by molar-refractivity contribution is 0.120. The lowest BCUT2D eigenvalue weighted by Gasteiger charge is -2.17. The van der Waals surface area contributed by atoms with Crippen molar-refractivity contribution in [1.29, 1.82) is 0 Å². The molecule has 1 atom stereocenters. The molecule has 0 spiro atoms. The van der Waals surface area contributed by atoms with Gasteiger partial charge in [0.1, 0.15) is 12.4 Å². The van der Waals surface area contributed by atoms with E-state index in [1.807, 2.05) is 31.2 Å². The van der Waals surface area contributed by atoms with Gasteiger partial charge in [-0.1, -0.05) is 30.3 Å². The number of anilines is 1. The second-order valence-electron chi connectivity index (χ2n) is 5.44. The third-order valence-electron chi connectivity index (χ3n) is 3.98. The van der Waals surface area contributed by atoms with Crippen molar-refractivity contribution in [2.75, 3.05) is 25.6 Å². The Morgan fingerprint density at radius 2 is 1.82 bits per heavy atom. The molecule has 2 aromatic carbocycles. The Kier molecular flexibility index (Phi) is 5.84. The van der Waals surface area contributed by atoms with Gasteiger partial charge in [0.05, 0.1) is 6.10 Å². The molecule has 0 amide bonds. The van der Waals surface area contributed by atoms with E-state index in [0.717, 1.165) is 23.5 Å². The van der Waals surface area contributed by atoms with Crippen LogP contribution >= 0.6 is 0 Å². The molecule has 0 saturated heterocycles. The summed E-state index contributed by atoms with van der Waals surface area (Å²) in [6, 6.07) is 14.4. The van der Waals surface area contributed by atoms with Crippen molar-refractivity contribution in [3.8, 4) is 5.75 Å². The molecule has 0 aliphatic carbocycles. The van der Waals surface area contributed by atoms with Crippen LogP contribution in [0.2, 0.25) is 0 Å². The molecular formula is C19H25NO2. The fraction of sp³-hybridized carbons (Fsp3) is 0.368. The molecule has 0 radical (unpaired) electrons. The maximum atomic E-state index is 5.87. The molecule has 0 heterocycles. The van der Waals surface area contributed by atoms with Crippen LogP contribution in [-0.4, -0.2) is 20.3 Å². The molecule has 0 bridgehead atoms. The van der Waals surface area contributed by atoms with Gasteiger partial charge >= 0.3 is 0 Å². The standard InChI is InChI=1S/C19H25NO2/c1-14-8-7-11-19(15(14)2)22-13-12-20-18-10-6-5-9-17(18)16(3)21-4/h5-11,16,20H,12-13H2,1-4H3. The molecular weight excluding hydrogens is 274 g/mol. The lowest BCUT2D eigenvalue weighted by Crippen LogP contribution is -2.14. The zero-order valence-electron chi connectivity index (χ0n) is 13.8. The molecule has 1 N–H and O–H groups in total. The summed E-state index contributed by atoms with van der Waals surface area (Å²) in [5.74, 6) is 0.959. The van der Waals surface area contributed by atoms with Gasteiger partial charge in [0.15, 0.2) is 0 Å². The second-order valence-corrected chi connectivity index (χ2v) is 5.44. The number of benzene rings is 2. The van der Waals surface area contributed by atoms with Crippen LogP contribution in [0.1, 0.15) is 29.7 Å². The first kappa shape index (κ1) is 16.4. The topological polar surface area (TPSA) is 30.5 Å². The van der Waals surface area contributed by atoms with Crippen molar-refractivity contribution in [1.82, 2.24) is 0 Å². The van der Waals surface area contributed by atoms with Gasteiger partial charge in [0, 0.05) is 24.9 Å². The van der Waals surface area contributed by atoms with E-state index >= 15 is 0 Å². The van der Waals surface area contributed by atoms with E-state index in [1.165, 1.54) is 11.1 Å². The van der Waals surface area contributed by atoms with Crippen LogP contribution in [0.5, 0.6) is 5.75 Å². The number of ether oxygens (including phenoxy) is 2. The van der Waals surface area contributed by atoms with Gasteiger partial charge in [-0.25, -0.2) is 0 Å². The van der Waals surface area contributed by atoms with Crippen LogP contribution in [0.15, 0.2) is 42.5 Å². The van der Waals surface area contributed by atoms with Crippen molar-refractivity contribution in [3.05, 3.63) is 59.2 Å². The average molecular weight is 299 g/mol. The maximum absolute atomic E-state index is 5.87. The first-order valence-corrected chi connectivity index (χ1v) is 7.68.